The maximum absolute atomic E-state index is 15.3. The molecule has 2 bridgehead atoms. The second-order valence-corrected chi connectivity index (χ2v) is 16.5. The van der Waals surface area contributed by atoms with Gasteiger partial charge in [-0.3, -0.25) is 14.4 Å². The van der Waals surface area contributed by atoms with E-state index in [2.05, 4.69) is 11.9 Å². The van der Waals surface area contributed by atoms with Crippen molar-refractivity contribution in [2.24, 2.45) is 22.7 Å². The summed E-state index contributed by atoms with van der Waals surface area (Å²) >= 11 is 0. The Hall–Kier alpha value is -4.64. The molecular formula is C41H51NO15. The molecule has 0 aromatic heterocycles. The molecule has 1 aromatic rings. The number of benzene rings is 1. The zero-order valence-corrected chi connectivity index (χ0v) is 32.9. The Labute approximate surface area is 329 Å². The van der Waals surface area contributed by atoms with E-state index in [1.165, 1.54) is 32.1 Å². The Morgan fingerprint density at radius 3 is 2.26 bits per heavy atom. The lowest BCUT2D eigenvalue weighted by Gasteiger charge is -2.67. The summed E-state index contributed by atoms with van der Waals surface area (Å²) in [6.45, 7) is 11.3. The summed E-state index contributed by atoms with van der Waals surface area (Å²) in [5.74, 6) is -6.44. The number of carbonyl (C=O) groups excluding carboxylic acids is 6. The predicted molar refractivity (Wildman–Crippen MR) is 196 cm³/mol. The van der Waals surface area contributed by atoms with E-state index in [0.29, 0.717) is 12.8 Å². The molecule has 0 radical (unpaired) electrons. The number of carbonyl (C=O) groups is 6. The Morgan fingerprint density at radius 1 is 1.04 bits per heavy atom. The summed E-state index contributed by atoms with van der Waals surface area (Å²) in [6, 6.07) is 6.73. The topological polar surface area (TPSA) is 231 Å². The van der Waals surface area contributed by atoms with Crippen molar-refractivity contribution in [3.8, 4) is 0 Å². The molecule has 3 saturated carbocycles. The number of amides is 1. The molecule has 4 aliphatic carbocycles. The van der Waals surface area contributed by atoms with Crippen LogP contribution < -0.4 is 5.32 Å². The maximum atomic E-state index is 15.3. The molecule has 16 nitrogen and oxygen atoms in total. The van der Waals surface area contributed by atoms with E-state index in [1.54, 1.807) is 32.0 Å². The van der Waals surface area contributed by atoms with E-state index in [9.17, 15) is 39.3 Å². The fraction of sp³-hybridized carbons (Fsp3) is 0.610. The molecule has 0 unspecified atom stereocenters. The van der Waals surface area contributed by atoms with Crippen molar-refractivity contribution in [3.05, 3.63) is 59.7 Å². The van der Waals surface area contributed by atoms with E-state index in [1.807, 2.05) is 0 Å². The SMILES string of the molecule is C=CCOC(=O)N[C@@H](C1CC1)[C@@H](O)C(=O)O[C@H]1C[C@@]2(O)[C@@H](OC(=O)c3ccccc3)[C@@H]3[C@]4(OC(C)=O)CO[C@@H]4C[C@H](O)[C@@]3(C)C(=O)[C@H](OC(C)=O)C(=C1C)C2(C)C. The number of ether oxygens (including phenoxy) is 6. The Bertz CT molecular complexity index is 1860. The molecule has 1 amide bonds. The third-order valence-electron chi connectivity index (χ3n) is 12.8. The molecule has 16 heteroatoms. The van der Waals surface area contributed by atoms with E-state index in [-0.39, 0.29) is 42.3 Å². The number of aliphatic hydroxyl groups excluding tert-OH is 2. The normalized spacial score (nSPS) is 34.9. The number of hydrogen-bond donors (Lipinski definition) is 4. The van der Waals surface area contributed by atoms with Gasteiger partial charge < -0.3 is 49.1 Å². The molecule has 5 aliphatic rings. The van der Waals surface area contributed by atoms with Gasteiger partial charge in [-0.15, -0.1) is 0 Å². The van der Waals surface area contributed by atoms with Crippen molar-refractivity contribution in [1.82, 2.24) is 5.32 Å². The molecule has 1 heterocycles. The summed E-state index contributed by atoms with van der Waals surface area (Å²) in [5.41, 5.74) is -7.52. The number of aliphatic hydroxyl groups is 3. The first-order chi connectivity index (χ1) is 26.7. The molecule has 6 rings (SSSR count). The molecule has 1 aromatic carbocycles. The average molecular weight is 798 g/mol. The Morgan fingerprint density at radius 2 is 1.70 bits per heavy atom. The van der Waals surface area contributed by atoms with Crippen LogP contribution in [0.15, 0.2) is 54.1 Å². The van der Waals surface area contributed by atoms with Crippen LogP contribution in [0.4, 0.5) is 4.79 Å². The summed E-state index contributed by atoms with van der Waals surface area (Å²) in [7, 11) is 0. The quantitative estimate of drug-likeness (QED) is 0.143. The van der Waals surface area contributed by atoms with E-state index >= 15 is 4.79 Å². The van der Waals surface area contributed by atoms with Crippen LogP contribution in [0.25, 0.3) is 0 Å². The maximum Gasteiger partial charge on any atom is 0.407 e. The summed E-state index contributed by atoms with van der Waals surface area (Å²) in [5, 5.41) is 39.4. The highest BCUT2D eigenvalue weighted by Gasteiger charge is 2.78. The standard InChI is InChI=1S/C41H51NO15/c1-8-16-52-37(50)42-29(23-14-15-23)30(46)36(49)55-25-18-41(51)34(56-35(48)24-12-10-9-11-13-24)32-39(7,26(45)17-27-40(32,19-53-27)57-22(4)44)33(47)31(54-21(3)43)28(20(25)2)38(41,5)6/h8-13,23,25-27,29-32,34,45-46,51H,1,14-19H2,2-7H3,(H,42,50)/t25-,26-,27+,29-,30+,31+,32-,34-,39+,40-,41+/m0/s1. The first-order valence-corrected chi connectivity index (χ1v) is 19.1. The molecule has 4 N–H and O–H groups in total. The highest BCUT2D eigenvalue weighted by molar-refractivity contribution is 5.95. The van der Waals surface area contributed by atoms with Gasteiger partial charge in [-0.1, -0.05) is 44.7 Å². The van der Waals surface area contributed by atoms with Gasteiger partial charge in [0.15, 0.2) is 23.6 Å². The number of ketones is 1. The van der Waals surface area contributed by atoms with E-state index < -0.39 is 113 Å². The fourth-order valence-corrected chi connectivity index (χ4v) is 9.60. The van der Waals surface area contributed by atoms with Crippen LogP contribution in [-0.4, -0.2) is 118 Å². The van der Waals surface area contributed by atoms with Crippen molar-refractivity contribution in [2.45, 2.75) is 121 Å². The van der Waals surface area contributed by atoms with Crippen molar-refractivity contribution >= 4 is 35.8 Å². The van der Waals surface area contributed by atoms with Gasteiger partial charge in [0.1, 0.15) is 30.5 Å². The van der Waals surface area contributed by atoms with Crippen molar-refractivity contribution in [1.29, 1.82) is 0 Å². The van der Waals surface area contributed by atoms with Gasteiger partial charge in [-0.25, -0.2) is 14.4 Å². The molecule has 310 valence electrons. The summed E-state index contributed by atoms with van der Waals surface area (Å²) in [6.07, 6.45) is -8.59. The molecule has 1 saturated heterocycles. The minimum Gasteiger partial charge on any atom is -0.456 e. The second kappa shape index (κ2) is 15.3. The molecule has 0 spiro atoms. The van der Waals surface area contributed by atoms with Crippen molar-refractivity contribution in [3.63, 3.8) is 0 Å². The summed E-state index contributed by atoms with van der Waals surface area (Å²) in [4.78, 5) is 81.6. The van der Waals surface area contributed by atoms with Gasteiger partial charge in [-0.2, -0.15) is 0 Å². The predicted octanol–water partition coefficient (Wildman–Crippen LogP) is 2.26. The largest absolute Gasteiger partial charge is 0.456 e. The van der Waals surface area contributed by atoms with Crippen molar-refractivity contribution < 1.29 is 72.5 Å². The van der Waals surface area contributed by atoms with Gasteiger partial charge in [-0.05, 0) is 55.9 Å². The zero-order valence-electron chi connectivity index (χ0n) is 32.9. The lowest BCUT2D eigenvalue weighted by molar-refractivity contribution is -0.346. The molecular weight excluding hydrogens is 746 g/mol. The summed E-state index contributed by atoms with van der Waals surface area (Å²) < 4.78 is 35.0. The minimum absolute atomic E-state index is 0.00904. The monoisotopic (exact) mass is 797 g/mol. The number of esters is 4. The zero-order chi connectivity index (χ0) is 41.8. The highest BCUT2D eigenvalue weighted by atomic mass is 16.6. The van der Waals surface area contributed by atoms with Gasteiger partial charge >= 0.3 is 30.0 Å². The first-order valence-electron chi connectivity index (χ1n) is 19.1. The average Bonchev–Trinajstić information content (AvgIpc) is 3.99. The van der Waals surface area contributed by atoms with E-state index in [4.69, 9.17) is 28.4 Å². The van der Waals surface area contributed by atoms with Crippen molar-refractivity contribution in [2.75, 3.05) is 13.2 Å². The van der Waals surface area contributed by atoms with E-state index in [0.717, 1.165) is 13.8 Å². The number of fused-ring (bicyclic) bond motifs is 5. The number of nitrogens with one attached hydrogen (secondary N) is 1. The van der Waals surface area contributed by atoms with Crippen LogP contribution in [-0.2, 0) is 47.6 Å². The van der Waals surface area contributed by atoms with Gasteiger partial charge in [0.2, 0.25) is 0 Å². The number of rotatable bonds is 11. The highest BCUT2D eigenvalue weighted by Crippen LogP contribution is 2.64. The van der Waals surface area contributed by atoms with Crippen LogP contribution in [0, 0.1) is 22.7 Å². The van der Waals surface area contributed by atoms with Gasteiger partial charge in [0, 0.05) is 32.1 Å². The minimum atomic E-state index is -2.36. The molecule has 4 fully saturated rings. The number of hydrogen-bond acceptors (Lipinski definition) is 15. The smallest absolute Gasteiger partial charge is 0.407 e. The Kier molecular flexibility index (Phi) is 11.2. The number of Topliss-reactive ketones (excluding diaryl/α,β-unsaturated/α-hetero) is 1. The Balaban J connectivity index is 1.53. The van der Waals surface area contributed by atoms with Crippen LogP contribution in [0.1, 0.15) is 77.6 Å². The van der Waals surface area contributed by atoms with Crippen LogP contribution >= 0.6 is 0 Å². The first kappa shape index (κ1) is 42.0. The van der Waals surface area contributed by atoms with Crippen LogP contribution in [0.2, 0.25) is 0 Å². The molecule has 57 heavy (non-hydrogen) atoms. The molecule has 1 aliphatic heterocycles. The second-order valence-electron chi connectivity index (χ2n) is 16.5. The third-order valence-corrected chi connectivity index (χ3v) is 12.8. The third kappa shape index (κ3) is 7.04. The van der Waals surface area contributed by atoms with Gasteiger partial charge in [0.25, 0.3) is 0 Å². The van der Waals surface area contributed by atoms with Crippen LogP contribution in [0.5, 0.6) is 0 Å². The van der Waals surface area contributed by atoms with Crippen LogP contribution in [0.3, 0.4) is 0 Å². The lowest BCUT2D eigenvalue weighted by atomic mass is 9.44. The van der Waals surface area contributed by atoms with Gasteiger partial charge in [0.05, 0.1) is 35.6 Å². The lowest BCUT2D eigenvalue weighted by Crippen LogP contribution is -2.82. The number of alkyl carbamates (subject to hydrolysis) is 1. The molecule has 11 atom stereocenters. The fourth-order valence-electron chi connectivity index (χ4n) is 9.60.